The van der Waals surface area contributed by atoms with E-state index in [4.69, 9.17) is 21.9 Å². The molecule has 0 saturated heterocycles. The molecule has 1 heterocycles. The Kier molecular flexibility index (Phi) is 6.23. The van der Waals surface area contributed by atoms with Gasteiger partial charge in [0, 0.05) is 39.2 Å². The molecule has 4 N–H and O–H groups in total. The molecule has 28 heavy (non-hydrogen) atoms. The number of hydrogen-bond acceptors (Lipinski definition) is 5. The van der Waals surface area contributed by atoms with Gasteiger partial charge in [0.2, 0.25) is 0 Å². The van der Waals surface area contributed by atoms with Gasteiger partial charge in [0.05, 0.1) is 0 Å². The van der Waals surface area contributed by atoms with Crippen LogP contribution in [0.2, 0.25) is 5.02 Å². The fraction of sp³-hybridized carbons (Fsp3) is 0.105. The molecule has 0 aliphatic rings. The van der Waals surface area contributed by atoms with Gasteiger partial charge < -0.3 is 15.9 Å². The van der Waals surface area contributed by atoms with Gasteiger partial charge in [-0.05, 0) is 47.4 Å². The molecule has 0 fully saturated rings. The molecule has 6 nitrogen and oxygen atoms in total. The Morgan fingerprint density at radius 2 is 2.04 bits per heavy atom. The third-order valence-electron chi connectivity index (χ3n) is 3.82. The summed E-state index contributed by atoms with van der Waals surface area (Å²) in [7, 11) is -3.93. The van der Waals surface area contributed by atoms with Gasteiger partial charge in [0.15, 0.2) is 6.10 Å². The first-order valence-electron chi connectivity index (χ1n) is 8.21. The monoisotopic (exact) mass is 436 g/mol. The summed E-state index contributed by atoms with van der Waals surface area (Å²) >= 11 is 7.46. The van der Waals surface area contributed by atoms with E-state index in [1.54, 1.807) is 47.9 Å². The number of fused-ring (bicyclic) bond motifs is 1. The summed E-state index contributed by atoms with van der Waals surface area (Å²) < 4.78 is 18.0. The van der Waals surface area contributed by atoms with E-state index in [2.05, 4.69) is 5.32 Å². The number of amides is 1. The van der Waals surface area contributed by atoms with Crippen LogP contribution in [0.4, 0.5) is 5.69 Å². The molecule has 3 rings (SSSR count). The average molecular weight is 437 g/mol. The lowest BCUT2D eigenvalue weighted by atomic mass is 10.1. The summed E-state index contributed by atoms with van der Waals surface area (Å²) in [5, 5.41) is 5.53. The summed E-state index contributed by atoms with van der Waals surface area (Å²) in [6.45, 7) is 1.04. The van der Waals surface area contributed by atoms with E-state index in [-0.39, 0.29) is 0 Å². The SMILES string of the molecule is CP(=O)(O)OC(C(=O)N/C=C/c1ccc(N)cc1)c1csc2ccc(Cl)cc12. The first-order chi connectivity index (χ1) is 13.2. The Labute approximate surface area is 171 Å². The molecule has 0 aliphatic heterocycles. The Bertz CT molecular complexity index is 1080. The lowest BCUT2D eigenvalue weighted by molar-refractivity contribution is -0.127. The molecule has 0 spiro atoms. The number of nitrogen functional groups attached to an aromatic ring is 1. The first kappa shape index (κ1) is 20.6. The van der Waals surface area contributed by atoms with Crippen LogP contribution in [0.3, 0.4) is 0 Å². The number of benzene rings is 2. The number of halogens is 1. The highest BCUT2D eigenvalue weighted by molar-refractivity contribution is 7.51. The molecule has 0 saturated carbocycles. The van der Waals surface area contributed by atoms with Crippen LogP contribution in [0.1, 0.15) is 17.2 Å². The van der Waals surface area contributed by atoms with Crippen LogP contribution < -0.4 is 11.1 Å². The number of hydrogen-bond donors (Lipinski definition) is 3. The van der Waals surface area contributed by atoms with Gasteiger partial charge in [-0.15, -0.1) is 11.3 Å². The summed E-state index contributed by atoms with van der Waals surface area (Å²) in [6, 6.07) is 12.4. The van der Waals surface area contributed by atoms with Crippen LogP contribution in [-0.4, -0.2) is 17.5 Å². The molecule has 2 atom stereocenters. The standard InChI is InChI=1S/C19H18ClN2O4PS/c1-27(24,25)26-18(16-11-28-17-7-4-13(20)10-15(16)17)19(23)22-9-8-12-2-5-14(21)6-3-12/h2-11,18H,21H2,1H3,(H,22,23)(H,24,25)/b9-8+. The molecule has 1 amide bonds. The number of rotatable bonds is 6. The maximum atomic E-state index is 12.7. The fourth-order valence-corrected chi connectivity index (χ4v) is 4.30. The molecule has 1 aromatic heterocycles. The molecule has 0 bridgehead atoms. The van der Waals surface area contributed by atoms with Gasteiger partial charge in [-0.1, -0.05) is 23.7 Å². The van der Waals surface area contributed by atoms with Crippen LogP contribution in [0.25, 0.3) is 16.2 Å². The van der Waals surface area contributed by atoms with Crippen molar-refractivity contribution in [2.45, 2.75) is 6.10 Å². The lowest BCUT2D eigenvalue weighted by Gasteiger charge is -2.18. The summed E-state index contributed by atoms with van der Waals surface area (Å²) in [5.41, 5.74) is 7.60. The van der Waals surface area contributed by atoms with Gasteiger partial charge in [0.1, 0.15) is 0 Å². The quantitative estimate of drug-likeness (QED) is 0.380. The minimum absolute atomic E-state index is 0.483. The second kappa shape index (κ2) is 8.47. The molecule has 9 heteroatoms. The van der Waals surface area contributed by atoms with Gasteiger partial charge in [-0.25, -0.2) is 0 Å². The Hall–Kier alpha value is -2.15. The van der Waals surface area contributed by atoms with Crippen molar-refractivity contribution in [3.63, 3.8) is 0 Å². The van der Waals surface area contributed by atoms with Crippen LogP contribution in [0, 0.1) is 0 Å². The molecule has 2 unspecified atom stereocenters. The Balaban J connectivity index is 1.86. The van der Waals surface area contributed by atoms with Crippen molar-refractivity contribution in [1.82, 2.24) is 5.32 Å². The van der Waals surface area contributed by atoms with E-state index in [9.17, 15) is 14.3 Å². The predicted octanol–water partition coefficient (Wildman–Crippen LogP) is 4.80. The first-order valence-corrected chi connectivity index (χ1v) is 11.5. The molecular weight excluding hydrogens is 419 g/mol. The third-order valence-corrected chi connectivity index (χ3v) is 5.64. The molecule has 3 aromatic rings. The molecule has 0 aliphatic carbocycles. The van der Waals surface area contributed by atoms with Crippen LogP contribution >= 0.6 is 30.5 Å². The zero-order valence-corrected chi connectivity index (χ0v) is 17.3. The van der Waals surface area contributed by atoms with Crippen molar-refractivity contribution >= 4 is 58.3 Å². The molecular formula is C19H18ClN2O4PS. The second-order valence-corrected chi connectivity index (χ2v) is 9.29. The van der Waals surface area contributed by atoms with Crippen molar-refractivity contribution in [3.05, 3.63) is 70.2 Å². The van der Waals surface area contributed by atoms with Crippen LogP contribution in [0.15, 0.2) is 54.0 Å². The largest absolute Gasteiger partial charge is 0.399 e. The number of nitrogens with two attached hydrogens (primary N) is 1. The van der Waals surface area contributed by atoms with Gasteiger partial charge in [-0.3, -0.25) is 13.9 Å². The highest BCUT2D eigenvalue weighted by Crippen LogP contribution is 2.45. The van der Waals surface area contributed by atoms with Crippen molar-refractivity contribution in [2.24, 2.45) is 0 Å². The zero-order valence-electron chi connectivity index (χ0n) is 14.8. The number of carbonyl (C=O) groups is 1. The highest BCUT2D eigenvalue weighted by Gasteiger charge is 2.29. The van der Waals surface area contributed by atoms with Gasteiger partial charge in [0.25, 0.3) is 5.91 Å². The summed E-state index contributed by atoms with van der Waals surface area (Å²) in [4.78, 5) is 22.4. The summed E-state index contributed by atoms with van der Waals surface area (Å²) in [5.74, 6) is -0.567. The van der Waals surface area contributed by atoms with E-state index in [1.165, 1.54) is 17.5 Å². The van der Waals surface area contributed by atoms with E-state index < -0.39 is 19.6 Å². The van der Waals surface area contributed by atoms with E-state index in [0.717, 1.165) is 16.9 Å². The van der Waals surface area contributed by atoms with E-state index in [1.807, 2.05) is 6.07 Å². The van der Waals surface area contributed by atoms with Crippen molar-refractivity contribution in [3.8, 4) is 0 Å². The topological polar surface area (TPSA) is 102 Å². The average Bonchev–Trinajstić information content (AvgIpc) is 3.03. The number of nitrogens with one attached hydrogen (secondary N) is 1. The molecule has 2 aromatic carbocycles. The maximum Gasteiger partial charge on any atom is 0.326 e. The maximum absolute atomic E-state index is 12.7. The molecule has 146 valence electrons. The van der Waals surface area contributed by atoms with Crippen LogP contribution in [0.5, 0.6) is 0 Å². The Morgan fingerprint density at radius 3 is 2.71 bits per heavy atom. The fourth-order valence-electron chi connectivity index (χ4n) is 2.57. The van der Waals surface area contributed by atoms with Crippen molar-refractivity contribution in [1.29, 1.82) is 0 Å². The Morgan fingerprint density at radius 1 is 1.32 bits per heavy atom. The smallest absolute Gasteiger partial charge is 0.326 e. The highest BCUT2D eigenvalue weighted by atomic mass is 35.5. The minimum atomic E-state index is -3.93. The summed E-state index contributed by atoms with van der Waals surface area (Å²) in [6.07, 6.45) is 1.87. The lowest BCUT2D eigenvalue weighted by Crippen LogP contribution is -2.26. The van der Waals surface area contributed by atoms with E-state index >= 15 is 0 Å². The zero-order chi connectivity index (χ0) is 20.3. The van der Waals surface area contributed by atoms with Gasteiger partial charge in [-0.2, -0.15) is 0 Å². The second-order valence-electron chi connectivity index (χ2n) is 6.13. The van der Waals surface area contributed by atoms with E-state index in [0.29, 0.717) is 21.7 Å². The number of carbonyl (C=O) groups excluding carboxylic acids is 1. The number of anilines is 1. The van der Waals surface area contributed by atoms with Crippen molar-refractivity contribution in [2.75, 3.05) is 12.4 Å². The minimum Gasteiger partial charge on any atom is -0.399 e. The third kappa shape index (κ3) is 5.22. The normalized spacial score (nSPS) is 14.8. The van der Waals surface area contributed by atoms with Crippen molar-refractivity contribution < 1.29 is 18.8 Å². The number of thiophene rings is 1. The van der Waals surface area contributed by atoms with Crippen LogP contribution in [-0.2, 0) is 13.9 Å². The predicted molar refractivity (Wildman–Crippen MR) is 114 cm³/mol. The van der Waals surface area contributed by atoms with Gasteiger partial charge >= 0.3 is 7.60 Å². The molecule has 0 radical (unpaired) electrons.